The molecule has 0 aliphatic heterocycles. The van der Waals surface area contributed by atoms with Crippen molar-refractivity contribution >= 4 is 11.0 Å². The molecule has 0 aliphatic carbocycles. The molecule has 0 aliphatic rings. The summed E-state index contributed by atoms with van der Waals surface area (Å²) in [4.78, 5) is 27.2. The van der Waals surface area contributed by atoms with Crippen LogP contribution < -0.4 is 11.2 Å². The Bertz CT molecular complexity index is 1080. The fraction of sp³-hybridized carbons (Fsp3) is 0.267. The minimum atomic E-state index is -4.92. The molecule has 2 aromatic heterocycles. The second kappa shape index (κ2) is 5.57. The van der Waals surface area contributed by atoms with Crippen LogP contribution in [0, 0.1) is 12.7 Å². The molecule has 0 saturated heterocycles. The standard InChI is InChI=1S/C15H12F4N4O2/c1-6-3-4-8(9(16)5-6)7(2)23-12-10(11(22-23)15(17,18)19)13(24)21-14(25)20-12/h3-5,7H,1-2H3,(H2,20,21,24,25)/t7-/m0/s1. The van der Waals surface area contributed by atoms with Crippen molar-refractivity contribution in [3.8, 4) is 0 Å². The Hall–Kier alpha value is -2.91. The Labute approximate surface area is 137 Å². The molecule has 6 nitrogen and oxygen atoms in total. The zero-order chi connectivity index (χ0) is 18.5. The molecule has 0 unspecified atom stereocenters. The van der Waals surface area contributed by atoms with Crippen LogP contribution in [0.1, 0.15) is 29.8 Å². The first kappa shape index (κ1) is 16.9. The maximum absolute atomic E-state index is 14.2. The van der Waals surface area contributed by atoms with Crippen molar-refractivity contribution in [3.05, 3.63) is 61.7 Å². The average molecular weight is 356 g/mol. The smallest absolute Gasteiger partial charge is 0.291 e. The predicted molar refractivity (Wildman–Crippen MR) is 80.9 cm³/mol. The molecule has 0 saturated carbocycles. The Morgan fingerprint density at radius 3 is 2.48 bits per heavy atom. The van der Waals surface area contributed by atoms with E-state index in [1.807, 2.05) is 0 Å². The third-order valence-electron chi connectivity index (χ3n) is 3.84. The lowest BCUT2D eigenvalue weighted by molar-refractivity contribution is -0.140. The first-order chi connectivity index (χ1) is 11.6. The molecular weight excluding hydrogens is 344 g/mol. The summed E-state index contributed by atoms with van der Waals surface area (Å²) >= 11 is 0. The summed E-state index contributed by atoms with van der Waals surface area (Å²) in [6, 6.07) is 3.26. The minimum absolute atomic E-state index is 0.0739. The van der Waals surface area contributed by atoms with Gasteiger partial charge in [-0.15, -0.1) is 0 Å². The van der Waals surface area contributed by atoms with Crippen LogP contribution in [0.5, 0.6) is 0 Å². The number of hydrogen-bond donors (Lipinski definition) is 2. The van der Waals surface area contributed by atoms with Crippen LogP contribution >= 0.6 is 0 Å². The molecule has 1 atom stereocenters. The number of hydrogen-bond acceptors (Lipinski definition) is 3. The molecule has 0 radical (unpaired) electrons. The first-order valence-corrected chi connectivity index (χ1v) is 7.17. The van der Waals surface area contributed by atoms with Crippen LogP contribution in [-0.2, 0) is 6.18 Å². The van der Waals surface area contributed by atoms with E-state index in [4.69, 9.17) is 0 Å². The number of nitrogens with one attached hydrogen (secondary N) is 2. The van der Waals surface area contributed by atoms with Crippen molar-refractivity contribution in [3.63, 3.8) is 0 Å². The lowest BCUT2D eigenvalue weighted by atomic mass is 10.1. The molecule has 10 heteroatoms. The van der Waals surface area contributed by atoms with Gasteiger partial charge in [0, 0.05) is 5.56 Å². The number of aromatic nitrogens is 4. The number of alkyl halides is 3. The highest BCUT2D eigenvalue weighted by molar-refractivity contribution is 5.77. The van der Waals surface area contributed by atoms with Gasteiger partial charge in [0.05, 0.1) is 6.04 Å². The van der Waals surface area contributed by atoms with E-state index >= 15 is 0 Å². The van der Waals surface area contributed by atoms with Gasteiger partial charge >= 0.3 is 11.9 Å². The maximum atomic E-state index is 14.2. The lowest BCUT2D eigenvalue weighted by Crippen LogP contribution is -2.24. The van der Waals surface area contributed by atoms with Crippen LogP contribution in [-0.4, -0.2) is 19.7 Å². The highest BCUT2D eigenvalue weighted by Gasteiger charge is 2.39. The van der Waals surface area contributed by atoms with Crippen molar-refractivity contribution in [2.75, 3.05) is 0 Å². The van der Waals surface area contributed by atoms with Crippen LogP contribution in [0.15, 0.2) is 27.8 Å². The highest BCUT2D eigenvalue weighted by atomic mass is 19.4. The molecule has 1 aromatic carbocycles. The van der Waals surface area contributed by atoms with E-state index < -0.39 is 46.0 Å². The number of fused-ring (bicyclic) bond motifs is 1. The molecule has 25 heavy (non-hydrogen) atoms. The molecule has 3 aromatic rings. The summed E-state index contributed by atoms with van der Waals surface area (Å²) < 4.78 is 54.6. The van der Waals surface area contributed by atoms with E-state index in [-0.39, 0.29) is 5.56 Å². The van der Waals surface area contributed by atoms with Crippen molar-refractivity contribution in [2.24, 2.45) is 0 Å². The zero-order valence-corrected chi connectivity index (χ0v) is 13.0. The topological polar surface area (TPSA) is 83.5 Å². The molecule has 0 spiro atoms. The van der Waals surface area contributed by atoms with Gasteiger partial charge in [0.25, 0.3) is 5.56 Å². The van der Waals surface area contributed by atoms with E-state index in [0.29, 0.717) is 5.56 Å². The quantitative estimate of drug-likeness (QED) is 0.692. The van der Waals surface area contributed by atoms with Crippen LogP contribution in [0.2, 0.25) is 0 Å². The first-order valence-electron chi connectivity index (χ1n) is 7.17. The van der Waals surface area contributed by atoms with Gasteiger partial charge in [0.1, 0.15) is 16.9 Å². The van der Waals surface area contributed by atoms with Gasteiger partial charge in [-0.3, -0.25) is 14.8 Å². The second-order valence-corrected chi connectivity index (χ2v) is 5.62. The molecule has 0 fully saturated rings. The van der Waals surface area contributed by atoms with Gasteiger partial charge in [0.2, 0.25) is 0 Å². The lowest BCUT2D eigenvalue weighted by Gasteiger charge is -2.15. The number of aryl methyl sites for hydroxylation is 1. The van der Waals surface area contributed by atoms with Crippen LogP contribution in [0.4, 0.5) is 17.6 Å². The Morgan fingerprint density at radius 1 is 1.20 bits per heavy atom. The fourth-order valence-electron chi connectivity index (χ4n) is 2.66. The van der Waals surface area contributed by atoms with Gasteiger partial charge in [-0.2, -0.15) is 18.3 Å². The maximum Gasteiger partial charge on any atom is 0.436 e. The summed E-state index contributed by atoms with van der Waals surface area (Å²) in [5, 5.41) is 2.64. The zero-order valence-electron chi connectivity index (χ0n) is 13.0. The van der Waals surface area contributed by atoms with E-state index in [1.165, 1.54) is 19.1 Å². The van der Waals surface area contributed by atoms with Crippen molar-refractivity contribution in [1.29, 1.82) is 0 Å². The van der Waals surface area contributed by atoms with Gasteiger partial charge in [-0.25, -0.2) is 13.9 Å². The third kappa shape index (κ3) is 2.83. The summed E-state index contributed by atoms with van der Waals surface area (Å²) in [6.07, 6.45) is -4.92. The monoisotopic (exact) mass is 356 g/mol. The average Bonchev–Trinajstić information content (AvgIpc) is 2.86. The Kier molecular flexibility index (Phi) is 3.77. The summed E-state index contributed by atoms with van der Waals surface area (Å²) in [5.41, 5.74) is -3.35. The Balaban J connectivity index is 2.33. The van der Waals surface area contributed by atoms with Crippen molar-refractivity contribution in [2.45, 2.75) is 26.1 Å². The Morgan fingerprint density at radius 2 is 1.88 bits per heavy atom. The number of benzene rings is 1. The molecule has 0 bridgehead atoms. The largest absolute Gasteiger partial charge is 0.436 e. The van der Waals surface area contributed by atoms with Gasteiger partial charge in [-0.05, 0) is 25.5 Å². The van der Waals surface area contributed by atoms with Crippen LogP contribution in [0.3, 0.4) is 0 Å². The van der Waals surface area contributed by atoms with E-state index in [9.17, 15) is 27.2 Å². The van der Waals surface area contributed by atoms with E-state index in [2.05, 4.69) is 10.1 Å². The van der Waals surface area contributed by atoms with Gasteiger partial charge in [0.15, 0.2) is 5.69 Å². The number of nitrogens with zero attached hydrogens (tertiary/aromatic N) is 2. The van der Waals surface area contributed by atoms with Crippen molar-refractivity contribution < 1.29 is 17.6 Å². The molecule has 2 heterocycles. The number of rotatable bonds is 2. The van der Waals surface area contributed by atoms with Crippen LogP contribution in [0.25, 0.3) is 11.0 Å². The fourth-order valence-corrected chi connectivity index (χ4v) is 2.66. The third-order valence-corrected chi connectivity index (χ3v) is 3.84. The number of halogens is 4. The summed E-state index contributed by atoms with van der Waals surface area (Å²) in [7, 11) is 0. The molecule has 2 N–H and O–H groups in total. The minimum Gasteiger partial charge on any atom is -0.291 e. The number of H-pyrrole nitrogens is 2. The van der Waals surface area contributed by atoms with Crippen molar-refractivity contribution in [1.82, 2.24) is 19.7 Å². The van der Waals surface area contributed by atoms with Gasteiger partial charge < -0.3 is 0 Å². The summed E-state index contributed by atoms with van der Waals surface area (Å²) in [5.74, 6) is -0.628. The van der Waals surface area contributed by atoms with E-state index in [1.54, 1.807) is 18.0 Å². The molecular formula is C15H12F4N4O2. The summed E-state index contributed by atoms with van der Waals surface area (Å²) in [6.45, 7) is 3.08. The molecule has 0 amide bonds. The highest BCUT2D eigenvalue weighted by Crippen LogP contribution is 2.33. The second-order valence-electron chi connectivity index (χ2n) is 5.62. The molecule has 132 valence electrons. The number of aromatic amines is 2. The van der Waals surface area contributed by atoms with Gasteiger partial charge in [-0.1, -0.05) is 12.1 Å². The molecule has 3 rings (SSSR count). The van der Waals surface area contributed by atoms with E-state index in [0.717, 1.165) is 4.68 Å². The predicted octanol–water partition coefficient (Wildman–Crippen LogP) is 2.49. The normalized spacial score (nSPS) is 13.4. The SMILES string of the molecule is Cc1ccc([C@H](C)n2nc(C(F)(F)F)c3c(=O)[nH]c(=O)[nH]c32)c(F)c1.